The molecule has 0 saturated carbocycles. The molecule has 0 aliphatic carbocycles. The average Bonchev–Trinajstić information content (AvgIpc) is 2.79. The molecule has 2 unspecified atom stereocenters. The van der Waals surface area contributed by atoms with E-state index in [2.05, 4.69) is 34.4 Å². The molecule has 1 fully saturated rings. The van der Waals surface area contributed by atoms with Crippen LogP contribution in [-0.2, 0) is 11.3 Å². The Morgan fingerprint density at radius 2 is 1.75 bits per heavy atom. The molecular formula is C25H28N4O3. The molecule has 4 rings (SSSR count). The number of hydrogen-bond donors (Lipinski definition) is 2. The number of ether oxygens (including phenoxy) is 2. The second-order valence-electron chi connectivity index (χ2n) is 7.91. The molecular weight excluding hydrogens is 404 g/mol. The van der Waals surface area contributed by atoms with Crippen LogP contribution in [0.4, 0.5) is 16.3 Å². The van der Waals surface area contributed by atoms with E-state index in [1.165, 1.54) is 0 Å². The number of pyridine rings is 1. The number of rotatable bonds is 6. The summed E-state index contributed by atoms with van der Waals surface area (Å²) < 4.78 is 11.7. The van der Waals surface area contributed by atoms with Crippen LogP contribution in [0.3, 0.4) is 0 Å². The number of nitrogens with zero attached hydrogens (tertiary/aromatic N) is 2. The van der Waals surface area contributed by atoms with Crippen molar-refractivity contribution >= 4 is 17.5 Å². The van der Waals surface area contributed by atoms with Gasteiger partial charge in [-0.25, -0.2) is 9.78 Å². The predicted molar refractivity (Wildman–Crippen MR) is 125 cm³/mol. The first-order valence-corrected chi connectivity index (χ1v) is 10.8. The molecule has 2 N–H and O–H groups in total. The minimum Gasteiger partial charge on any atom is -0.455 e. The van der Waals surface area contributed by atoms with Gasteiger partial charge in [0, 0.05) is 25.8 Å². The van der Waals surface area contributed by atoms with E-state index in [1.807, 2.05) is 60.7 Å². The number of hydrogen-bond acceptors (Lipinski definition) is 5. The average molecular weight is 433 g/mol. The van der Waals surface area contributed by atoms with E-state index in [0.29, 0.717) is 23.7 Å². The maximum Gasteiger partial charge on any atom is 0.319 e. The van der Waals surface area contributed by atoms with Crippen LogP contribution >= 0.6 is 0 Å². The number of morpholine rings is 1. The van der Waals surface area contributed by atoms with E-state index in [1.54, 1.807) is 12.3 Å². The summed E-state index contributed by atoms with van der Waals surface area (Å²) in [5.74, 6) is 2.21. The van der Waals surface area contributed by atoms with Gasteiger partial charge in [-0.05, 0) is 49.7 Å². The molecule has 2 aromatic carbocycles. The highest BCUT2D eigenvalue weighted by Gasteiger charge is 2.23. The number of amides is 2. The Hall–Kier alpha value is -3.58. The van der Waals surface area contributed by atoms with Gasteiger partial charge in [0.05, 0.1) is 17.9 Å². The first-order chi connectivity index (χ1) is 15.6. The van der Waals surface area contributed by atoms with E-state index < -0.39 is 0 Å². The Morgan fingerprint density at radius 3 is 2.47 bits per heavy atom. The maximum absolute atomic E-state index is 12.5. The first kappa shape index (κ1) is 21.6. The van der Waals surface area contributed by atoms with Gasteiger partial charge < -0.3 is 25.0 Å². The van der Waals surface area contributed by atoms with E-state index in [-0.39, 0.29) is 18.2 Å². The quantitative estimate of drug-likeness (QED) is 0.585. The molecule has 1 aliphatic rings. The summed E-state index contributed by atoms with van der Waals surface area (Å²) in [6.07, 6.45) is 2.16. The molecule has 2 atom stereocenters. The normalized spacial score (nSPS) is 18.1. The highest BCUT2D eigenvalue weighted by atomic mass is 16.5. The van der Waals surface area contributed by atoms with Gasteiger partial charge in [0.1, 0.15) is 11.6 Å². The van der Waals surface area contributed by atoms with Crippen LogP contribution in [0.15, 0.2) is 72.9 Å². The Morgan fingerprint density at radius 1 is 1.03 bits per heavy atom. The van der Waals surface area contributed by atoms with Crippen LogP contribution in [0.1, 0.15) is 19.4 Å². The van der Waals surface area contributed by atoms with Crippen LogP contribution in [0.25, 0.3) is 0 Å². The lowest BCUT2D eigenvalue weighted by Crippen LogP contribution is -2.45. The van der Waals surface area contributed by atoms with Crippen LogP contribution in [0, 0.1) is 0 Å². The molecule has 1 saturated heterocycles. The lowest BCUT2D eigenvalue weighted by molar-refractivity contribution is -0.00546. The van der Waals surface area contributed by atoms with Crippen molar-refractivity contribution in [1.29, 1.82) is 0 Å². The minimum atomic E-state index is -0.311. The van der Waals surface area contributed by atoms with Gasteiger partial charge in [0.25, 0.3) is 0 Å². The lowest BCUT2D eigenvalue weighted by atomic mass is 10.2. The molecule has 0 spiro atoms. The number of carbonyl (C=O) groups excluding carboxylic acids is 1. The van der Waals surface area contributed by atoms with Crippen molar-refractivity contribution in [3.05, 3.63) is 78.5 Å². The van der Waals surface area contributed by atoms with Gasteiger partial charge in [-0.15, -0.1) is 0 Å². The number of urea groups is 1. The largest absolute Gasteiger partial charge is 0.455 e. The Labute approximate surface area is 188 Å². The van der Waals surface area contributed by atoms with Gasteiger partial charge >= 0.3 is 6.03 Å². The Balaban J connectivity index is 1.32. The molecule has 2 amide bonds. The lowest BCUT2D eigenvalue weighted by Gasteiger charge is -2.36. The molecule has 166 valence electrons. The highest BCUT2D eigenvalue weighted by Crippen LogP contribution is 2.29. The summed E-state index contributed by atoms with van der Waals surface area (Å²) in [7, 11) is 0. The standard InChI is InChI=1S/C25H28N4O3/c1-18-16-29(17-19(2)31-18)24-13-12-20(14-26-24)15-27-25(30)28-22-10-6-7-11-23(22)32-21-8-4-3-5-9-21/h3-14,18-19H,15-17H2,1-2H3,(H2,27,28,30). The fraction of sp³-hybridized carbons (Fsp3) is 0.280. The molecule has 0 radical (unpaired) electrons. The summed E-state index contributed by atoms with van der Waals surface area (Å²) in [5.41, 5.74) is 1.52. The minimum absolute atomic E-state index is 0.180. The van der Waals surface area contributed by atoms with E-state index in [0.717, 1.165) is 24.5 Å². The Bertz CT molecular complexity index is 1020. The second kappa shape index (κ2) is 10.2. The summed E-state index contributed by atoms with van der Waals surface area (Å²) in [6.45, 7) is 6.16. The smallest absolute Gasteiger partial charge is 0.319 e. The molecule has 0 bridgehead atoms. The second-order valence-corrected chi connectivity index (χ2v) is 7.91. The third kappa shape index (κ3) is 5.76. The Kier molecular flexibility index (Phi) is 6.87. The fourth-order valence-corrected chi connectivity index (χ4v) is 3.70. The van der Waals surface area contributed by atoms with Crippen molar-refractivity contribution < 1.29 is 14.3 Å². The number of carbonyl (C=O) groups is 1. The fourth-order valence-electron chi connectivity index (χ4n) is 3.70. The van der Waals surface area contributed by atoms with Gasteiger partial charge in [-0.2, -0.15) is 0 Å². The summed E-state index contributed by atoms with van der Waals surface area (Å²) >= 11 is 0. The van der Waals surface area contributed by atoms with Gasteiger partial charge in [0.15, 0.2) is 5.75 Å². The molecule has 3 aromatic rings. The molecule has 32 heavy (non-hydrogen) atoms. The van der Waals surface area contributed by atoms with Gasteiger partial charge in [-0.1, -0.05) is 36.4 Å². The van der Waals surface area contributed by atoms with Crippen molar-refractivity contribution in [3.63, 3.8) is 0 Å². The zero-order valence-corrected chi connectivity index (χ0v) is 18.3. The van der Waals surface area contributed by atoms with Crippen molar-refractivity contribution in [2.75, 3.05) is 23.3 Å². The first-order valence-electron chi connectivity index (χ1n) is 10.8. The highest BCUT2D eigenvalue weighted by molar-refractivity contribution is 5.90. The number of para-hydroxylation sites is 3. The van der Waals surface area contributed by atoms with Crippen molar-refractivity contribution in [3.8, 4) is 11.5 Å². The molecule has 7 nitrogen and oxygen atoms in total. The van der Waals surface area contributed by atoms with Gasteiger partial charge in [-0.3, -0.25) is 0 Å². The van der Waals surface area contributed by atoms with Crippen molar-refractivity contribution in [1.82, 2.24) is 10.3 Å². The molecule has 1 aromatic heterocycles. The SMILES string of the molecule is CC1CN(c2ccc(CNC(=O)Nc3ccccc3Oc3ccccc3)cn2)CC(C)O1. The third-order valence-corrected chi connectivity index (χ3v) is 5.11. The van der Waals surface area contributed by atoms with Crippen molar-refractivity contribution in [2.45, 2.75) is 32.6 Å². The van der Waals surface area contributed by atoms with Gasteiger partial charge in [0.2, 0.25) is 0 Å². The van der Waals surface area contributed by atoms with Crippen LogP contribution in [0.2, 0.25) is 0 Å². The maximum atomic E-state index is 12.5. The van der Waals surface area contributed by atoms with Crippen molar-refractivity contribution in [2.24, 2.45) is 0 Å². The van der Waals surface area contributed by atoms with Crippen LogP contribution in [0.5, 0.6) is 11.5 Å². The zero-order chi connectivity index (χ0) is 22.3. The number of anilines is 2. The van der Waals surface area contributed by atoms with E-state index in [9.17, 15) is 4.79 Å². The predicted octanol–water partition coefficient (Wildman–Crippen LogP) is 4.81. The molecule has 1 aliphatic heterocycles. The van der Waals surface area contributed by atoms with E-state index >= 15 is 0 Å². The molecule has 7 heteroatoms. The number of aromatic nitrogens is 1. The van der Waals surface area contributed by atoms with E-state index in [4.69, 9.17) is 9.47 Å². The third-order valence-electron chi connectivity index (χ3n) is 5.11. The topological polar surface area (TPSA) is 75.7 Å². The monoisotopic (exact) mass is 432 g/mol. The summed E-state index contributed by atoms with van der Waals surface area (Å²) in [5, 5.41) is 5.73. The van der Waals surface area contributed by atoms with Crippen LogP contribution < -0.4 is 20.3 Å². The molecule has 2 heterocycles. The number of nitrogens with one attached hydrogen (secondary N) is 2. The summed E-state index contributed by atoms with van der Waals surface area (Å²) in [4.78, 5) is 19.3. The van der Waals surface area contributed by atoms with Crippen LogP contribution in [-0.4, -0.2) is 36.3 Å². The zero-order valence-electron chi connectivity index (χ0n) is 18.3. The number of benzene rings is 2. The summed E-state index contributed by atoms with van der Waals surface area (Å²) in [6, 6.07) is 20.5.